The third-order valence-corrected chi connectivity index (χ3v) is 2.00. The molecule has 1 N–H and O–H groups in total. The van der Waals surface area contributed by atoms with E-state index in [-0.39, 0.29) is 11.7 Å². The Morgan fingerprint density at radius 1 is 1.57 bits per heavy atom. The van der Waals surface area contributed by atoms with Gasteiger partial charge in [0.1, 0.15) is 11.9 Å². The lowest BCUT2D eigenvalue weighted by Crippen LogP contribution is -2.01. The van der Waals surface area contributed by atoms with E-state index < -0.39 is 5.82 Å². The molecule has 0 aliphatic rings. The summed E-state index contributed by atoms with van der Waals surface area (Å²) in [5.74, 6) is -0.492. The molecule has 74 valence electrons. The van der Waals surface area contributed by atoms with Crippen LogP contribution in [0.25, 0.3) is 0 Å². The summed E-state index contributed by atoms with van der Waals surface area (Å²) >= 11 is 0. The molecule has 14 heavy (non-hydrogen) atoms. The van der Waals surface area contributed by atoms with Gasteiger partial charge in [-0.25, -0.2) is 4.39 Å². The Morgan fingerprint density at radius 2 is 2.29 bits per heavy atom. The molecule has 0 saturated carbocycles. The van der Waals surface area contributed by atoms with Crippen molar-refractivity contribution in [2.45, 2.75) is 25.9 Å². The van der Waals surface area contributed by atoms with Crippen LogP contribution in [0.4, 0.5) is 4.39 Å². The molecule has 0 saturated heterocycles. The van der Waals surface area contributed by atoms with E-state index >= 15 is 0 Å². The topological polar surface area (TPSA) is 44.0 Å². The molecule has 0 spiro atoms. The number of hydrogen-bond acceptors (Lipinski definition) is 2. The second kappa shape index (κ2) is 4.73. The van der Waals surface area contributed by atoms with Gasteiger partial charge in [-0.1, -0.05) is 6.07 Å². The minimum absolute atomic E-state index is 0.0630. The largest absolute Gasteiger partial charge is 0.393 e. The second-order valence-electron chi connectivity index (χ2n) is 3.31. The van der Waals surface area contributed by atoms with Crippen molar-refractivity contribution in [1.29, 1.82) is 5.26 Å². The van der Waals surface area contributed by atoms with E-state index in [1.54, 1.807) is 19.1 Å². The number of aryl methyl sites for hydroxylation is 1. The van der Waals surface area contributed by atoms with E-state index in [1.165, 1.54) is 12.1 Å². The number of aliphatic hydroxyl groups is 1. The maximum Gasteiger partial charge on any atom is 0.140 e. The summed E-state index contributed by atoms with van der Waals surface area (Å²) in [6.45, 7) is 1.70. The van der Waals surface area contributed by atoms with Crippen LogP contribution >= 0.6 is 0 Å². The van der Waals surface area contributed by atoms with Gasteiger partial charge in [-0.2, -0.15) is 5.26 Å². The fourth-order valence-corrected chi connectivity index (χ4v) is 1.19. The van der Waals surface area contributed by atoms with Crippen LogP contribution in [0.5, 0.6) is 0 Å². The molecule has 0 fully saturated rings. The van der Waals surface area contributed by atoms with Gasteiger partial charge in [-0.05, 0) is 37.5 Å². The van der Waals surface area contributed by atoms with Crippen LogP contribution in [0, 0.1) is 17.1 Å². The van der Waals surface area contributed by atoms with Gasteiger partial charge in [0.25, 0.3) is 0 Å². The van der Waals surface area contributed by atoms with Crippen LogP contribution in [0.1, 0.15) is 24.5 Å². The summed E-state index contributed by atoms with van der Waals surface area (Å²) in [7, 11) is 0. The van der Waals surface area contributed by atoms with Crippen molar-refractivity contribution >= 4 is 0 Å². The maximum atomic E-state index is 12.9. The van der Waals surface area contributed by atoms with E-state index in [9.17, 15) is 4.39 Å². The molecule has 1 rings (SSSR count). The van der Waals surface area contributed by atoms with Crippen LogP contribution in [0.15, 0.2) is 18.2 Å². The van der Waals surface area contributed by atoms with Gasteiger partial charge >= 0.3 is 0 Å². The Morgan fingerprint density at radius 3 is 2.86 bits per heavy atom. The molecule has 1 atom stereocenters. The Kier molecular flexibility index (Phi) is 3.61. The smallest absolute Gasteiger partial charge is 0.140 e. The lowest BCUT2D eigenvalue weighted by molar-refractivity contribution is 0.185. The van der Waals surface area contributed by atoms with Crippen molar-refractivity contribution < 1.29 is 9.50 Å². The summed E-state index contributed by atoms with van der Waals surface area (Å²) in [6.07, 6.45) is 0.911. The number of halogens is 1. The van der Waals surface area contributed by atoms with Gasteiger partial charge in [0.2, 0.25) is 0 Å². The molecule has 3 heteroatoms. The first-order valence-electron chi connectivity index (χ1n) is 4.50. The zero-order valence-electron chi connectivity index (χ0n) is 8.00. The highest BCUT2D eigenvalue weighted by atomic mass is 19.1. The Hall–Kier alpha value is -1.40. The van der Waals surface area contributed by atoms with Gasteiger partial charge in [-0.15, -0.1) is 0 Å². The average Bonchev–Trinajstić information content (AvgIpc) is 2.16. The number of nitrogens with zero attached hydrogens (tertiary/aromatic N) is 1. The lowest BCUT2D eigenvalue weighted by atomic mass is 10.0. The first-order valence-corrected chi connectivity index (χ1v) is 4.50. The zero-order valence-corrected chi connectivity index (χ0v) is 8.00. The molecular weight excluding hydrogens is 181 g/mol. The van der Waals surface area contributed by atoms with Crippen molar-refractivity contribution in [1.82, 2.24) is 0 Å². The average molecular weight is 193 g/mol. The molecule has 0 unspecified atom stereocenters. The first-order chi connectivity index (χ1) is 6.63. The number of hydrogen-bond donors (Lipinski definition) is 1. The lowest BCUT2D eigenvalue weighted by Gasteiger charge is -2.04. The second-order valence-corrected chi connectivity index (χ2v) is 3.31. The molecule has 0 aliphatic heterocycles. The SMILES string of the molecule is C[C@H](O)CCc1ccc(F)c(C#N)c1. The Bertz CT molecular complexity index is 355. The highest BCUT2D eigenvalue weighted by Gasteiger charge is 2.03. The normalized spacial score (nSPS) is 12.1. The molecule has 0 aromatic heterocycles. The monoisotopic (exact) mass is 193 g/mol. The summed E-state index contributed by atoms with van der Waals surface area (Å²) in [6, 6.07) is 6.24. The molecule has 0 aliphatic carbocycles. The summed E-state index contributed by atoms with van der Waals surface area (Å²) in [5.41, 5.74) is 0.942. The Balaban J connectivity index is 2.76. The van der Waals surface area contributed by atoms with Gasteiger partial charge in [0, 0.05) is 0 Å². The molecule has 0 amide bonds. The zero-order chi connectivity index (χ0) is 10.6. The van der Waals surface area contributed by atoms with E-state index in [2.05, 4.69) is 0 Å². The minimum Gasteiger partial charge on any atom is -0.393 e. The standard InChI is InChI=1S/C11H12FNO/c1-8(14)2-3-9-4-5-11(12)10(6-9)7-13/h4-6,8,14H,2-3H2,1H3/t8-/m0/s1. The highest BCUT2D eigenvalue weighted by molar-refractivity contribution is 5.34. The van der Waals surface area contributed by atoms with Crippen molar-refractivity contribution in [3.63, 3.8) is 0 Å². The molecule has 2 nitrogen and oxygen atoms in total. The van der Waals surface area contributed by atoms with Crippen molar-refractivity contribution in [2.75, 3.05) is 0 Å². The van der Waals surface area contributed by atoms with Crippen molar-refractivity contribution in [2.24, 2.45) is 0 Å². The quantitative estimate of drug-likeness (QED) is 0.798. The molecule has 1 aromatic rings. The van der Waals surface area contributed by atoms with Gasteiger partial charge in [0.15, 0.2) is 0 Å². The third-order valence-electron chi connectivity index (χ3n) is 2.00. The first kappa shape index (κ1) is 10.7. The molecule has 0 bridgehead atoms. The minimum atomic E-state index is -0.492. The predicted molar refractivity (Wildman–Crippen MR) is 51.1 cm³/mol. The van der Waals surface area contributed by atoms with E-state index in [0.717, 1.165) is 5.56 Å². The number of nitriles is 1. The fraction of sp³-hybridized carbons (Fsp3) is 0.364. The summed E-state index contributed by atoms with van der Waals surface area (Å²) in [4.78, 5) is 0. The molecule has 0 radical (unpaired) electrons. The fourth-order valence-electron chi connectivity index (χ4n) is 1.19. The van der Waals surface area contributed by atoms with E-state index in [1.807, 2.05) is 0 Å². The summed E-state index contributed by atoms with van der Waals surface area (Å²) in [5, 5.41) is 17.6. The Labute approximate surface area is 82.6 Å². The van der Waals surface area contributed by atoms with Crippen LogP contribution in [-0.4, -0.2) is 11.2 Å². The van der Waals surface area contributed by atoms with Gasteiger partial charge < -0.3 is 5.11 Å². The van der Waals surface area contributed by atoms with Gasteiger partial charge in [-0.3, -0.25) is 0 Å². The molecule has 0 heterocycles. The van der Waals surface area contributed by atoms with Crippen molar-refractivity contribution in [3.05, 3.63) is 35.1 Å². The predicted octanol–water partition coefficient (Wildman–Crippen LogP) is 2.01. The van der Waals surface area contributed by atoms with Crippen molar-refractivity contribution in [3.8, 4) is 6.07 Å². The molecular formula is C11H12FNO. The van der Waals surface area contributed by atoms with Crippen LogP contribution in [0.3, 0.4) is 0 Å². The van der Waals surface area contributed by atoms with Crippen LogP contribution in [0.2, 0.25) is 0 Å². The van der Waals surface area contributed by atoms with E-state index in [4.69, 9.17) is 10.4 Å². The third kappa shape index (κ3) is 2.82. The summed E-state index contributed by atoms with van der Waals surface area (Å²) < 4.78 is 12.9. The highest BCUT2D eigenvalue weighted by Crippen LogP contribution is 2.11. The van der Waals surface area contributed by atoms with Gasteiger partial charge in [0.05, 0.1) is 11.7 Å². The van der Waals surface area contributed by atoms with Crippen LogP contribution in [-0.2, 0) is 6.42 Å². The van der Waals surface area contributed by atoms with E-state index in [0.29, 0.717) is 12.8 Å². The number of aliphatic hydroxyl groups excluding tert-OH is 1. The number of rotatable bonds is 3. The molecule has 1 aromatic carbocycles. The van der Waals surface area contributed by atoms with Crippen LogP contribution < -0.4 is 0 Å². The maximum absolute atomic E-state index is 12.9. The number of benzene rings is 1.